The Morgan fingerprint density at radius 2 is 1.06 bits per heavy atom. The summed E-state index contributed by atoms with van der Waals surface area (Å²) in [4.78, 5) is 0. The van der Waals surface area contributed by atoms with Crippen molar-refractivity contribution in [3.05, 3.63) is 24.3 Å². The maximum absolute atomic E-state index is 8.67. The molecule has 0 bridgehead atoms. The van der Waals surface area contributed by atoms with Gasteiger partial charge in [0.25, 0.3) is 0 Å². The van der Waals surface area contributed by atoms with Gasteiger partial charge in [0.2, 0.25) is 0 Å². The van der Waals surface area contributed by atoms with E-state index in [2.05, 4.69) is 4.57 Å². The van der Waals surface area contributed by atoms with Crippen LogP contribution < -0.4 is 0 Å². The van der Waals surface area contributed by atoms with Crippen molar-refractivity contribution in [2.75, 3.05) is 0 Å². The van der Waals surface area contributed by atoms with Crippen LogP contribution in [0.2, 0.25) is 0 Å². The fraction of sp³-hybridized carbons (Fsp3) is 0. The Morgan fingerprint density at radius 3 is 1.18 bits per heavy atom. The predicted octanol–water partition coefficient (Wildman–Crippen LogP) is -2.72. The van der Waals surface area contributed by atoms with Gasteiger partial charge in [0, 0.05) is 0 Å². The van der Waals surface area contributed by atoms with Crippen LogP contribution in [0.5, 0.6) is 11.5 Å². The number of hydrogen-bond donors (Lipinski definition) is 6. The van der Waals surface area contributed by atoms with Crippen LogP contribution in [0.4, 0.5) is 0 Å². The van der Waals surface area contributed by atoms with Crippen molar-refractivity contribution in [1.29, 1.82) is 0 Å². The van der Waals surface area contributed by atoms with Crippen molar-refractivity contribution in [3.8, 4) is 11.5 Å². The first-order valence-electron chi connectivity index (χ1n) is 3.78. The minimum atomic E-state index is -2.13. The van der Waals surface area contributed by atoms with Gasteiger partial charge in [-0.15, -0.1) is 0 Å². The molecule has 0 radical (unpaired) electrons. The zero-order valence-electron chi connectivity index (χ0n) is 8.71. The van der Waals surface area contributed by atoms with E-state index in [1.54, 1.807) is 12.1 Å². The van der Waals surface area contributed by atoms with Crippen LogP contribution in [0.15, 0.2) is 24.3 Å². The van der Waals surface area contributed by atoms with E-state index in [0.717, 1.165) is 0 Å². The van der Waals surface area contributed by atoms with E-state index in [4.69, 9.17) is 30.3 Å². The van der Waals surface area contributed by atoms with Crippen molar-refractivity contribution >= 4 is 31.5 Å². The van der Waals surface area contributed by atoms with Gasteiger partial charge in [-0.05, 0) is 12.1 Å². The summed E-state index contributed by atoms with van der Waals surface area (Å²) in [5.41, 5.74) is 0. The zero-order valence-corrected chi connectivity index (χ0v) is 8.71. The van der Waals surface area contributed by atoms with E-state index in [1.807, 2.05) is 0 Å². The second-order valence-electron chi connectivity index (χ2n) is 2.28. The number of para-hydroxylation sites is 2. The quantitative estimate of drug-likeness (QED) is 0.243. The van der Waals surface area contributed by atoms with E-state index >= 15 is 0 Å². The summed E-state index contributed by atoms with van der Waals surface area (Å²) in [6.07, 6.45) is 0. The average molecular weight is 237 g/mol. The molecule has 0 aliphatic heterocycles. The van der Waals surface area contributed by atoms with E-state index in [1.165, 1.54) is 12.1 Å². The molecule has 0 saturated heterocycles. The van der Waals surface area contributed by atoms with Gasteiger partial charge in [-0.1, -0.05) is 12.1 Å². The SMILES string of the molecule is OB(O)OB(O)O.Oc1ccccc1O.[B+3].[B+3]. The van der Waals surface area contributed by atoms with Gasteiger partial charge < -0.3 is 34.9 Å². The fourth-order valence-electron chi connectivity index (χ4n) is 0.573. The molecule has 17 heavy (non-hydrogen) atoms. The molecule has 0 heterocycles. The Morgan fingerprint density at radius 1 is 0.765 bits per heavy atom. The molecule has 0 spiro atoms. The molecule has 82 valence electrons. The third kappa shape index (κ3) is 12.8. The first-order valence-corrected chi connectivity index (χ1v) is 3.78. The summed E-state index contributed by atoms with van der Waals surface area (Å²) in [5, 5.41) is 48.3. The largest absolute Gasteiger partial charge is 3.00 e. The van der Waals surface area contributed by atoms with Gasteiger partial charge in [-0.25, -0.2) is 0 Å². The summed E-state index contributed by atoms with van der Waals surface area (Å²) in [6.45, 7) is 0. The van der Waals surface area contributed by atoms with Crippen molar-refractivity contribution in [2.24, 2.45) is 0 Å². The van der Waals surface area contributed by atoms with Crippen LogP contribution in [0, 0.1) is 0 Å². The van der Waals surface area contributed by atoms with Gasteiger partial charge in [0.15, 0.2) is 11.5 Å². The Kier molecular flexibility index (Phi) is 14.2. The number of aromatic hydroxyl groups is 2. The van der Waals surface area contributed by atoms with E-state index < -0.39 is 14.6 Å². The molecule has 11 heteroatoms. The summed E-state index contributed by atoms with van der Waals surface area (Å²) in [7, 11) is -4.25. The molecule has 0 aliphatic carbocycles. The summed E-state index contributed by atoms with van der Waals surface area (Å²) < 4.78 is 3.47. The minimum Gasteiger partial charge on any atom is -0.504 e. The second-order valence-corrected chi connectivity index (χ2v) is 2.28. The Labute approximate surface area is 103 Å². The number of rotatable bonds is 2. The summed E-state index contributed by atoms with van der Waals surface area (Å²) in [5.74, 6) is -0.153. The van der Waals surface area contributed by atoms with Gasteiger partial charge in [0.05, 0.1) is 0 Å². The standard InChI is InChI=1S/C6H6O2.B2H4O5.2B/c7-5-3-1-2-4-6(5)8;3-1(4)7-2(5)6;;/h1-4,7-8H;3-6H;;/q;;2*+3. The van der Waals surface area contributed by atoms with Gasteiger partial charge in [-0.3, -0.25) is 0 Å². The Bertz CT molecular complexity index is 258. The van der Waals surface area contributed by atoms with E-state index in [-0.39, 0.29) is 28.3 Å². The third-order valence-electron chi connectivity index (χ3n) is 1.13. The van der Waals surface area contributed by atoms with Crippen LogP contribution in [0.3, 0.4) is 0 Å². The molecule has 0 atom stereocenters. The van der Waals surface area contributed by atoms with Crippen molar-refractivity contribution in [2.45, 2.75) is 0 Å². The molecule has 0 aliphatic rings. The van der Waals surface area contributed by atoms with Crippen molar-refractivity contribution in [1.82, 2.24) is 0 Å². The normalized spacial score (nSPS) is 7.76. The number of phenols is 2. The van der Waals surface area contributed by atoms with E-state index in [9.17, 15) is 0 Å². The monoisotopic (exact) mass is 238 g/mol. The maximum Gasteiger partial charge on any atom is 3.00 e. The fourth-order valence-corrected chi connectivity index (χ4v) is 0.573. The molecule has 1 rings (SSSR count). The van der Waals surface area contributed by atoms with Crippen molar-refractivity contribution in [3.63, 3.8) is 0 Å². The first-order chi connectivity index (χ1) is 6.93. The minimum absolute atomic E-state index is 0. The van der Waals surface area contributed by atoms with Crippen LogP contribution in [-0.4, -0.2) is 61.8 Å². The molecule has 0 amide bonds. The van der Waals surface area contributed by atoms with E-state index in [0.29, 0.717) is 0 Å². The number of hydrogen-bond acceptors (Lipinski definition) is 7. The molecular weight excluding hydrogens is 227 g/mol. The molecule has 0 fully saturated rings. The molecule has 1 aromatic carbocycles. The van der Waals surface area contributed by atoms with Crippen LogP contribution in [-0.2, 0) is 4.57 Å². The molecular formula is C6H10B4O7+6. The summed E-state index contributed by atoms with van der Waals surface area (Å²) in [6, 6.07) is 6.15. The zero-order chi connectivity index (χ0) is 11.8. The van der Waals surface area contributed by atoms with Crippen LogP contribution in [0.25, 0.3) is 0 Å². The number of phenolic OH excluding ortho intramolecular Hbond substituents is 2. The predicted molar refractivity (Wildman–Crippen MR) is 62.7 cm³/mol. The topological polar surface area (TPSA) is 131 Å². The van der Waals surface area contributed by atoms with Gasteiger partial charge in [0.1, 0.15) is 0 Å². The average Bonchev–Trinajstić information content (AvgIpc) is 2.08. The Hall–Kier alpha value is -1.12. The molecule has 0 aromatic heterocycles. The second kappa shape index (κ2) is 11.4. The van der Waals surface area contributed by atoms with Gasteiger partial charge >= 0.3 is 31.5 Å². The molecule has 0 unspecified atom stereocenters. The molecule has 7 nitrogen and oxygen atoms in total. The van der Waals surface area contributed by atoms with Crippen molar-refractivity contribution < 1.29 is 34.9 Å². The third-order valence-corrected chi connectivity index (χ3v) is 1.13. The Balaban J connectivity index is -0.000000208. The van der Waals surface area contributed by atoms with Gasteiger partial charge in [-0.2, -0.15) is 0 Å². The van der Waals surface area contributed by atoms with Crippen LogP contribution in [0.1, 0.15) is 0 Å². The van der Waals surface area contributed by atoms with Crippen LogP contribution >= 0.6 is 0 Å². The molecule has 1 aromatic rings. The smallest absolute Gasteiger partial charge is 0.504 e. The summed E-state index contributed by atoms with van der Waals surface area (Å²) >= 11 is 0. The number of benzene rings is 1. The first kappa shape index (κ1) is 21.2. The molecule has 0 saturated carbocycles. The molecule has 6 N–H and O–H groups in total. The maximum atomic E-state index is 8.67.